The van der Waals surface area contributed by atoms with Crippen LogP contribution in [0.25, 0.3) is 0 Å². The maximum atomic E-state index is 11.5. The van der Waals surface area contributed by atoms with Gasteiger partial charge in [-0.15, -0.1) is 0 Å². The topological polar surface area (TPSA) is 35.5 Å². The minimum Gasteiger partial charge on any atom is -0.462 e. The lowest BCUT2D eigenvalue weighted by molar-refractivity contribution is -0.151. The first-order chi connectivity index (χ1) is 9.85. The second-order valence-corrected chi connectivity index (χ2v) is 7.22. The number of methoxy groups -OCH3 is 1. The largest absolute Gasteiger partial charge is 0.462 e. The molecule has 0 aromatic carbocycles. The molecule has 3 rings (SSSR count). The standard InChI is InChI=1S/C18H26O3/c1-9(2)15-17-14(21-12(5)19)7-10(3)16-13(20-6)8-11(4)18(15,16)17/h8,10,13-17H,1,7H2,2-6H3. The summed E-state index contributed by atoms with van der Waals surface area (Å²) in [5.41, 5.74) is 2.73. The lowest BCUT2D eigenvalue weighted by atomic mass is 9.69. The number of hydrogen-bond donors (Lipinski definition) is 0. The lowest BCUT2D eigenvalue weighted by Crippen LogP contribution is -2.40. The molecule has 2 saturated carbocycles. The Morgan fingerprint density at radius 1 is 1.38 bits per heavy atom. The Kier molecular flexibility index (Phi) is 3.32. The molecule has 3 aliphatic rings. The SMILES string of the molecule is C=C(C)C1C2C(OC(C)=O)CC(C)C3C(OC)C=C(C)C132. The predicted octanol–water partition coefficient (Wildman–Crippen LogP) is 3.36. The summed E-state index contributed by atoms with van der Waals surface area (Å²) in [4.78, 5) is 11.5. The van der Waals surface area contributed by atoms with Crippen molar-refractivity contribution in [1.82, 2.24) is 0 Å². The van der Waals surface area contributed by atoms with Crippen molar-refractivity contribution >= 4 is 5.97 Å². The molecular formula is C18H26O3. The van der Waals surface area contributed by atoms with E-state index in [1.807, 2.05) is 0 Å². The molecule has 3 heteroatoms. The van der Waals surface area contributed by atoms with Crippen LogP contribution in [0.5, 0.6) is 0 Å². The summed E-state index contributed by atoms with van der Waals surface area (Å²) < 4.78 is 11.4. The first kappa shape index (κ1) is 14.8. The van der Waals surface area contributed by atoms with Crippen LogP contribution in [0.2, 0.25) is 0 Å². The minimum absolute atomic E-state index is 0.0226. The zero-order valence-corrected chi connectivity index (χ0v) is 13.7. The van der Waals surface area contributed by atoms with Gasteiger partial charge in [0.15, 0.2) is 0 Å². The quantitative estimate of drug-likeness (QED) is 0.590. The Balaban J connectivity index is 2.01. The first-order valence-corrected chi connectivity index (χ1v) is 7.90. The Bertz CT molecular complexity index is 521. The fourth-order valence-corrected chi connectivity index (χ4v) is 5.64. The normalized spacial score (nSPS) is 47.2. The number of rotatable bonds is 3. The lowest BCUT2D eigenvalue weighted by Gasteiger charge is -2.39. The Morgan fingerprint density at radius 2 is 2.05 bits per heavy atom. The Labute approximate surface area is 127 Å². The van der Waals surface area contributed by atoms with E-state index < -0.39 is 0 Å². The van der Waals surface area contributed by atoms with Gasteiger partial charge in [0.1, 0.15) is 6.10 Å². The van der Waals surface area contributed by atoms with E-state index in [1.54, 1.807) is 7.11 Å². The van der Waals surface area contributed by atoms with Crippen molar-refractivity contribution in [2.24, 2.45) is 29.1 Å². The number of esters is 1. The molecule has 0 aromatic rings. The van der Waals surface area contributed by atoms with Gasteiger partial charge in [0.05, 0.1) is 6.10 Å². The third-order valence-electron chi connectivity index (χ3n) is 6.06. The number of carbonyl (C=O) groups is 1. The van der Waals surface area contributed by atoms with Crippen molar-refractivity contribution in [1.29, 1.82) is 0 Å². The Morgan fingerprint density at radius 3 is 2.57 bits per heavy atom. The summed E-state index contributed by atoms with van der Waals surface area (Å²) in [5, 5.41) is 0. The molecule has 116 valence electrons. The fraction of sp³-hybridized carbons (Fsp3) is 0.722. The van der Waals surface area contributed by atoms with Crippen LogP contribution < -0.4 is 0 Å². The monoisotopic (exact) mass is 290 g/mol. The average molecular weight is 290 g/mol. The molecule has 0 heterocycles. The van der Waals surface area contributed by atoms with Crippen LogP contribution in [-0.4, -0.2) is 25.3 Å². The van der Waals surface area contributed by atoms with Gasteiger partial charge in [-0.05, 0) is 32.1 Å². The van der Waals surface area contributed by atoms with Crippen molar-refractivity contribution in [3.63, 3.8) is 0 Å². The number of ether oxygens (including phenoxy) is 2. The highest BCUT2D eigenvalue weighted by molar-refractivity contribution is 5.66. The summed E-state index contributed by atoms with van der Waals surface area (Å²) in [6.07, 6.45) is 3.42. The molecule has 0 aromatic heterocycles. The molecule has 21 heavy (non-hydrogen) atoms. The highest BCUT2D eigenvalue weighted by Gasteiger charge is 2.77. The van der Waals surface area contributed by atoms with Crippen molar-refractivity contribution in [2.75, 3.05) is 7.11 Å². The maximum absolute atomic E-state index is 11.5. The number of allylic oxidation sites excluding steroid dienone is 2. The van der Waals surface area contributed by atoms with Gasteiger partial charge in [0, 0.05) is 31.3 Å². The van der Waals surface area contributed by atoms with Gasteiger partial charge in [-0.25, -0.2) is 0 Å². The second-order valence-electron chi connectivity index (χ2n) is 7.22. The van der Waals surface area contributed by atoms with Crippen molar-refractivity contribution in [2.45, 2.75) is 46.3 Å². The highest BCUT2D eigenvalue weighted by Crippen LogP contribution is 2.78. The number of carbonyl (C=O) groups excluding carboxylic acids is 1. The van der Waals surface area contributed by atoms with Crippen molar-refractivity contribution in [3.8, 4) is 0 Å². The zero-order valence-electron chi connectivity index (χ0n) is 13.7. The van der Waals surface area contributed by atoms with Crippen LogP contribution in [0.1, 0.15) is 34.1 Å². The van der Waals surface area contributed by atoms with Crippen LogP contribution in [0.4, 0.5) is 0 Å². The van der Waals surface area contributed by atoms with Crippen LogP contribution >= 0.6 is 0 Å². The van der Waals surface area contributed by atoms with Crippen LogP contribution in [-0.2, 0) is 14.3 Å². The van der Waals surface area contributed by atoms with Gasteiger partial charge < -0.3 is 9.47 Å². The molecule has 0 aliphatic heterocycles. The molecule has 0 saturated heterocycles. The van der Waals surface area contributed by atoms with E-state index >= 15 is 0 Å². The van der Waals surface area contributed by atoms with Gasteiger partial charge in [-0.1, -0.05) is 30.7 Å². The van der Waals surface area contributed by atoms with E-state index in [9.17, 15) is 4.79 Å². The van der Waals surface area contributed by atoms with Gasteiger partial charge in [0.25, 0.3) is 0 Å². The van der Waals surface area contributed by atoms with E-state index in [2.05, 4.69) is 33.4 Å². The predicted molar refractivity (Wildman–Crippen MR) is 81.6 cm³/mol. The van der Waals surface area contributed by atoms with E-state index in [0.717, 1.165) is 6.42 Å². The molecule has 1 spiro atoms. The summed E-state index contributed by atoms with van der Waals surface area (Å²) in [5.74, 6) is 1.61. The molecule has 3 nitrogen and oxygen atoms in total. The van der Waals surface area contributed by atoms with Gasteiger partial charge in [-0.3, -0.25) is 4.79 Å². The molecule has 0 radical (unpaired) electrons. The van der Waals surface area contributed by atoms with E-state index in [0.29, 0.717) is 23.7 Å². The van der Waals surface area contributed by atoms with E-state index in [-0.39, 0.29) is 23.6 Å². The summed E-state index contributed by atoms with van der Waals surface area (Å²) in [6.45, 7) is 12.3. The fourth-order valence-electron chi connectivity index (χ4n) is 5.64. The van der Waals surface area contributed by atoms with Gasteiger partial charge >= 0.3 is 5.97 Å². The summed E-state index contributed by atoms with van der Waals surface area (Å²) in [7, 11) is 1.80. The van der Waals surface area contributed by atoms with Crippen LogP contribution in [0.3, 0.4) is 0 Å². The van der Waals surface area contributed by atoms with E-state index in [4.69, 9.17) is 9.47 Å². The smallest absolute Gasteiger partial charge is 0.302 e. The molecule has 3 aliphatic carbocycles. The van der Waals surface area contributed by atoms with Crippen molar-refractivity contribution < 1.29 is 14.3 Å². The Hall–Kier alpha value is -1.09. The minimum atomic E-state index is -0.170. The maximum Gasteiger partial charge on any atom is 0.302 e. The molecule has 2 fully saturated rings. The van der Waals surface area contributed by atoms with Crippen molar-refractivity contribution in [3.05, 3.63) is 23.8 Å². The first-order valence-electron chi connectivity index (χ1n) is 7.90. The number of hydrogen-bond acceptors (Lipinski definition) is 3. The summed E-state index contributed by atoms with van der Waals surface area (Å²) >= 11 is 0. The van der Waals surface area contributed by atoms with Gasteiger partial charge in [0.2, 0.25) is 0 Å². The molecule has 7 unspecified atom stereocenters. The highest BCUT2D eigenvalue weighted by atomic mass is 16.5. The zero-order chi connectivity index (χ0) is 15.5. The van der Waals surface area contributed by atoms with Gasteiger partial charge in [-0.2, -0.15) is 0 Å². The molecule has 0 bridgehead atoms. The molecule has 7 atom stereocenters. The van der Waals surface area contributed by atoms with Crippen LogP contribution in [0, 0.1) is 29.1 Å². The third kappa shape index (κ3) is 1.79. The van der Waals surface area contributed by atoms with E-state index in [1.165, 1.54) is 18.1 Å². The molecule has 0 N–H and O–H groups in total. The molecule has 0 amide bonds. The van der Waals surface area contributed by atoms with Crippen LogP contribution in [0.15, 0.2) is 23.8 Å². The second kappa shape index (κ2) is 4.70. The third-order valence-corrected chi connectivity index (χ3v) is 6.06. The molecular weight excluding hydrogens is 264 g/mol. The average Bonchev–Trinajstić information content (AvgIpc) is 2.99. The summed E-state index contributed by atoms with van der Waals surface area (Å²) in [6, 6.07) is 0.